The molecular formula is C2H8N2O4PZn2+. The Hall–Kier alpha value is 1.28. The summed E-state index contributed by atoms with van der Waals surface area (Å²) in [6, 6.07) is 0. The van der Waals surface area contributed by atoms with E-state index in [2.05, 4.69) is 0 Å². The molecule has 0 spiro atoms. The van der Waals surface area contributed by atoms with Gasteiger partial charge in [0.1, 0.15) is 0 Å². The van der Waals surface area contributed by atoms with Gasteiger partial charge >= 0.3 is 39.0 Å². The van der Waals surface area contributed by atoms with Crippen molar-refractivity contribution >= 4 is 7.82 Å². The molecule has 0 aliphatic carbocycles. The van der Waals surface area contributed by atoms with Crippen molar-refractivity contribution in [3.63, 3.8) is 0 Å². The summed E-state index contributed by atoms with van der Waals surface area (Å²) in [7, 11) is -5.39. The largest absolute Gasteiger partial charge is 2.00 e. The first-order valence-electron chi connectivity index (χ1n) is 2.05. The fraction of sp³-hybridized carbons (Fsp3) is 1.00. The topological polar surface area (TPSA) is 138 Å². The van der Waals surface area contributed by atoms with Gasteiger partial charge in [-0.1, -0.05) is 0 Å². The summed E-state index contributed by atoms with van der Waals surface area (Å²) in [5, 5.41) is 0. The van der Waals surface area contributed by atoms with Crippen LogP contribution in [0.4, 0.5) is 0 Å². The van der Waals surface area contributed by atoms with Gasteiger partial charge in [0.2, 0.25) is 0 Å². The number of phosphoric acid groups is 1. The summed E-state index contributed by atoms with van der Waals surface area (Å²) in [5.41, 5.74) is 9.81. The molecular weight excluding hydrogens is 278 g/mol. The molecule has 0 radical (unpaired) electrons. The average molecular weight is 286 g/mol. The molecule has 58 valence electrons. The summed E-state index contributed by atoms with van der Waals surface area (Å²) in [4.78, 5) is 25.6. The smallest absolute Gasteiger partial charge is 0.822 e. The van der Waals surface area contributed by atoms with Crippen LogP contribution in [-0.4, -0.2) is 13.1 Å². The van der Waals surface area contributed by atoms with Gasteiger partial charge in [-0.3, -0.25) is 0 Å². The van der Waals surface area contributed by atoms with Crippen LogP contribution in [0.3, 0.4) is 0 Å². The van der Waals surface area contributed by atoms with Crippen LogP contribution in [0.5, 0.6) is 0 Å². The van der Waals surface area contributed by atoms with Crippen molar-refractivity contribution in [2.45, 2.75) is 0 Å². The summed E-state index contributed by atoms with van der Waals surface area (Å²) < 4.78 is 8.55. The summed E-state index contributed by atoms with van der Waals surface area (Å²) >= 11 is 0. The monoisotopic (exact) mass is 283 g/mol. The Morgan fingerprint density at radius 3 is 1.09 bits per heavy atom. The van der Waals surface area contributed by atoms with Gasteiger partial charge in [0.05, 0.1) is 0 Å². The van der Waals surface area contributed by atoms with Crippen molar-refractivity contribution in [2.75, 3.05) is 13.1 Å². The van der Waals surface area contributed by atoms with Crippen LogP contribution < -0.4 is 26.1 Å². The maximum absolute atomic E-state index is 8.55. The molecule has 0 heterocycles. The molecule has 0 fully saturated rings. The van der Waals surface area contributed by atoms with Crippen LogP contribution in [0.25, 0.3) is 0 Å². The Morgan fingerprint density at radius 2 is 1.09 bits per heavy atom. The predicted molar refractivity (Wildman–Crippen MR) is 25.7 cm³/mol. The molecule has 0 rings (SSSR count). The maximum atomic E-state index is 8.55. The van der Waals surface area contributed by atoms with E-state index in [0.717, 1.165) is 0 Å². The molecule has 0 bridgehead atoms. The Labute approximate surface area is 90.5 Å². The Morgan fingerprint density at radius 1 is 1.00 bits per heavy atom. The molecule has 0 aromatic carbocycles. The second kappa shape index (κ2) is 13.8. The minimum Gasteiger partial charge on any atom is -0.822 e. The molecule has 9 heteroatoms. The quantitative estimate of drug-likeness (QED) is 0.373. The third-order valence-corrected chi connectivity index (χ3v) is 0.167. The molecule has 0 atom stereocenters. The molecule has 0 aromatic heterocycles. The van der Waals surface area contributed by atoms with Crippen molar-refractivity contribution < 1.29 is 58.2 Å². The molecule has 0 unspecified atom stereocenters. The number of rotatable bonds is 1. The molecule has 4 N–H and O–H groups in total. The maximum Gasteiger partial charge on any atom is 2.00 e. The van der Waals surface area contributed by atoms with E-state index in [1.165, 1.54) is 0 Å². The van der Waals surface area contributed by atoms with Crippen LogP contribution >= 0.6 is 7.82 Å². The SMILES string of the molecule is NCCN.O=P([O-])([O-])[O-].[Zn+2].[Zn+2]. The number of hydrogen-bond acceptors (Lipinski definition) is 6. The number of nitrogens with two attached hydrogens (primary N) is 2. The standard InChI is InChI=1S/C2H8N2.H3O4P.2Zn/c3-1-2-4;1-5(2,3)4;;/h1-4H2;(H3,1,2,3,4);;/q;;2*+2/p-3. The van der Waals surface area contributed by atoms with E-state index in [1.807, 2.05) is 0 Å². The van der Waals surface area contributed by atoms with E-state index in [-0.39, 0.29) is 39.0 Å². The van der Waals surface area contributed by atoms with Crippen molar-refractivity contribution in [3.05, 3.63) is 0 Å². The zero-order valence-electron chi connectivity index (χ0n) is 6.06. The van der Waals surface area contributed by atoms with E-state index in [4.69, 9.17) is 30.7 Å². The molecule has 6 nitrogen and oxygen atoms in total. The van der Waals surface area contributed by atoms with E-state index >= 15 is 0 Å². The summed E-state index contributed by atoms with van der Waals surface area (Å²) in [6.07, 6.45) is 0. The molecule has 0 aliphatic rings. The van der Waals surface area contributed by atoms with Crippen molar-refractivity contribution in [2.24, 2.45) is 11.5 Å². The van der Waals surface area contributed by atoms with Crippen LogP contribution in [-0.2, 0) is 43.5 Å². The van der Waals surface area contributed by atoms with Crippen LogP contribution in [0.2, 0.25) is 0 Å². The van der Waals surface area contributed by atoms with Gasteiger partial charge in [-0.05, 0) is 0 Å². The Kier molecular flexibility index (Phi) is 28.7. The van der Waals surface area contributed by atoms with Gasteiger partial charge in [-0.25, -0.2) is 0 Å². The molecule has 0 amide bonds. The van der Waals surface area contributed by atoms with Gasteiger partial charge in [0.15, 0.2) is 0 Å². The van der Waals surface area contributed by atoms with Gasteiger partial charge in [0, 0.05) is 13.1 Å². The van der Waals surface area contributed by atoms with Crippen molar-refractivity contribution in [3.8, 4) is 0 Å². The van der Waals surface area contributed by atoms with Crippen LogP contribution in [0.15, 0.2) is 0 Å². The molecule has 0 saturated carbocycles. The minimum absolute atomic E-state index is 0. The summed E-state index contributed by atoms with van der Waals surface area (Å²) in [6.45, 7) is 1.19. The van der Waals surface area contributed by atoms with Gasteiger partial charge in [-0.15, -0.1) is 0 Å². The van der Waals surface area contributed by atoms with Crippen molar-refractivity contribution in [1.82, 2.24) is 0 Å². The Bertz CT molecular complexity index is 87.8. The molecule has 0 aromatic rings. The van der Waals surface area contributed by atoms with Crippen molar-refractivity contribution in [1.29, 1.82) is 0 Å². The normalized spacial score (nSPS) is 8.09. The van der Waals surface area contributed by atoms with E-state index in [0.29, 0.717) is 13.1 Å². The first kappa shape index (κ1) is 22.8. The number of hydrogen-bond donors (Lipinski definition) is 2. The van der Waals surface area contributed by atoms with Gasteiger partial charge in [-0.2, -0.15) is 7.82 Å². The third-order valence-electron chi connectivity index (χ3n) is 0.167. The average Bonchev–Trinajstić information content (AvgIpc) is 1.61. The van der Waals surface area contributed by atoms with E-state index in [9.17, 15) is 0 Å². The zero-order valence-corrected chi connectivity index (χ0v) is 12.9. The zero-order chi connectivity index (χ0) is 7.91. The summed E-state index contributed by atoms with van der Waals surface area (Å²) in [5.74, 6) is 0. The van der Waals surface area contributed by atoms with Crippen LogP contribution in [0.1, 0.15) is 0 Å². The second-order valence-electron chi connectivity index (χ2n) is 1.02. The van der Waals surface area contributed by atoms with E-state index < -0.39 is 7.82 Å². The predicted octanol–water partition coefficient (Wildman–Crippen LogP) is -3.93. The minimum atomic E-state index is -5.39. The first-order chi connectivity index (χ1) is 3.91. The second-order valence-corrected chi connectivity index (χ2v) is 1.92. The molecule has 11 heavy (non-hydrogen) atoms. The third kappa shape index (κ3) is 187. The fourth-order valence-electron chi connectivity index (χ4n) is 0. The van der Waals surface area contributed by atoms with Gasteiger partial charge in [0.25, 0.3) is 0 Å². The first-order valence-corrected chi connectivity index (χ1v) is 3.51. The van der Waals surface area contributed by atoms with E-state index in [1.54, 1.807) is 0 Å². The molecule has 0 saturated heterocycles. The fourth-order valence-corrected chi connectivity index (χ4v) is 0. The van der Waals surface area contributed by atoms with Gasteiger partial charge < -0.3 is 30.7 Å². The van der Waals surface area contributed by atoms with Crippen LogP contribution in [0, 0.1) is 0 Å². The molecule has 0 aliphatic heterocycles. The Balaban J connectivity index is -0.0000000383.